The van der Waals surface area contributed by atoms with Gasteiger partial charge in [0, 0.05) is 0 Å². The van der Waals surface area contributed by atoms with Crippen LogP contribution in [-0.4, -0.2) is 12.3 Å². The van der Waals surface area contributed by atoms with Gasteiger partial charge >= 0.3 is 61.3 Å². The number of rotatable bonds is 4. The Balaban J connectivity index is 0.000000211. The molecule has 8 aromatic rings. The molecule has 0 bridgehead atoms. The molecule has 0 saturated carbocycles. The Morgan fingerprint density at radius 3 is 1.19 bits per heavy atom. The normalized spacial score (nSPS) is 11.7. The summed E-state index contributed by atoms with van der Waals surface area (Å²) in [7, 11) is 0. The van der Waals surface area contributed by atoms with Gasteiger partial charge in [0.15, 0.2) is 0 Å². The first-order valence-corrected chi connectivity index (χ1v) is 25.1. The van der Waals surface area contributed by atoms with Crippen molar-refractivity contribution in [2.45, 2.75) is 84.9 Å². The quantitative estimate of drug-likeness (QED) is 0.122. The number of hydrogen-bond acceptors (Lipinski definition) is 0. The molecule has 8 rings (SSSR count). The molecule has 0 spiro atoms. The van der Waals surface area contributed by atoms with Crippen molar-refractivity contribution in [1.82, 2.24) is 0 Å². The topological polar surface area (TPSA) is 0 Å². The maximum Gasteiger partial charge on any atom is -1.00 e. The molecule has 0 aromatic heterocycles. The predicted molar refractivity (Wildman–Crippen MR) is 234 cm³/mol. The van der Waals surface area contributed by atoms with Crippen molar-refractivity contribution < 1.29 is 61.3 Å². The van der Waals surface area contributed by atoms with Crippen LogP contribution in [0, 0.1) is 13.8 Å². The van der Waals surface area contributed by atoms with Crippen LogP contribution < -0.4 is 24.8 Å². The summed E-state index contributed by atoms with van der Waals surface area (Å²) >= 11 is 1.27. The van der Waals surface area contributed by atoms with Crippen molar-refractivity contribution in [3.8, 4) is 22.3 Å². The third-order valence-corrected chi connectivity index (χ3v) is 13.4. The van der Waals surface area contributed by atoms with Crippen molar-refractivity contribution in [2.24, 2.45) is 0 Å². The maximum atomic E-state index is 11.3. The van der Waals surface area contributed by atoms with Gasteiger partial charge < -0.3 is 24.8 Å². The fourth-order valence-corrected chi connectivity index (χ4v) is 9.71. The van der Waals surface area contributed by atoms with Gasteiger partial charge in [0.1, 0.15) is 0 Å². The largest absolute Gasteiger partial charge is 1.00 e. The van der Waals surface area contributed by atoms with Gasteiger partial charge in [-0.25, -0.2) is 0 Å². The minimum absolute atomic E-state index is 0. The second-order valence-electron chi connectivity index (χ2n) is 16.8. The van der Waals surface area contributed by atoms with Crippen LogP contribution in [0.4, 0.5) is 13.2 Å². The second-order valence-corrected chi connectivity index (χ2v) is 20.8. The summed E-state index contributed by atoms with van der Waals surface area (Å²) in [5.74, 6) is 0. The minimum Gasteiger partial charge on any atom is -1.00 e. The van der Waals surface area contributed by atoms with Crippen LogP contribution in [0.2, 0.25) is 6.04 Å². The zero-order valence-corrected chi connectivity index (χ0v) is 39.7. The molecule has 0 aliphatic rings. The van der Waals surface area contributed by atoms with Crippen LogP contribution in [0.5, 0.6) is 0 Å². The summed E-state index contributed by atoms with van der Waals surface area (Å²) in [6.45, 7) is 18.3. The molecule has 58 heavy (non-hydrogen) atoms. The summed E-state index contributed by atoms with van der Waals surface area (Å²) in [4.78, 5) is 0. The number of halogens is 5. The zero-order valence-electron chi connectivity index (χ0n) is 34.6. The minimum atomic E-state index is -3.91. The van der Waals surface area contributed by atoms with Crippen molar-refractivity contribution in [3.05, 3.63) is 156 Å². The van der Waals surface area contributed by atoms with Gasteiger partial charge in [-0.3, -0.25) is 0 Å². The number of alkyl halides is 3. The first kappa shape index (κ1) is 47.2. The molecule has 0 aliphatic carbocycles. The molecule has 0 N–H and O–H groups in total. The van der Waals surface area contributed by atoms with Crippen LogP contribution in [0.25, 0.3) is 65.3 Å². The summed E-state index contributed by atoms with van der Waals surface area (Å²) in [6, 6.07) is 49.1. The Morgan fingerprint density at radius 2 is 0.845 bits per heavy atom. The monoisotopic (exact) mass is 908 g/mol. The molecule has 300 valence electrons. The van der Waals surface area contributed by atoms with Gasteiger partial charge in [-0.05, 0) is 43.5 Å². The van der Waals surface area contributed by atoms with E-state index in [2.05, 4.69) is 189 Å². The summed E-state index contributed by atoms with van der Waals surface area (Å²) < 4.78 is 33.8. The van der Waals surface area contributed by atoms with Crippen molar-refractivity contribution in [1.29, 1.82) is 0 Å². The molecule has 0 unspecified atom stereocenters. The molecule has 0 amide bonds. The molecular weight excluding hydrogens is 860 g/mol. The average molecular weight is 911 g/mol. The summed E-state index contributed by atoms with van der Waals surface area (Å²) in [5, 5.41) is 10.7. The van der Waals surface area contributed by atoms with Crippen molar-refractivity contribution in [3.63, 3.8) is 0 Å². The smallest absolute Gasteiger partial charge is 1.00 e. The molecule has 0 heterocycles. The Kier molecular flexibility index (Phi) is 15.7. The fourth-order valence-electron chi connectivity index (χ4n) is 8.18. The third kappa shape index (κ3) is 10.5. The zero-order chi connectivity index (χ0) is 40.4. The van der Waals surface area contributed by atoms with Crippen LogP contribution in [-0.2, 0) is 34.2 Å². The van der Waals surface area contributed by atoms with E-state index in [4.69, 9.17) is 0 Å². The molecule has 0 nitrogen and oxygen atoms in total. The number of aryl methyl sites for hydroxylation is 2. The van der Waals surface area contributed by atoms with Gasteiger partial charge in [-0.1, -0.05) is 164 Å². The Hall–Kier alpha value is -3.47. The second kappa shape index (κ2) is 19.3. The molecule has 0 fully saturated rings. The standard InChI is InChI=1S/2C24H23.C3H5F3Si.2ClH.Zr/c2*1-16-22(24(2,3)4)15-18-11-8-14-21(23(16)18)20-13-7-10-17-9-5-6-12-19(17)20;4-3(5,6)1-2-7;;;/h2*5-15H,1-4H3;7H,1-2H2;2*1H;/q2*-1;;;;+2/p-2. The van der Waals surface area contributed by atoms with Gasteiger partial charge in [-0.15, -0.1) is 69.1 Å². The Bertz CT molecular complexity index is 2470. The number of hydrogen-bond donors (Lipinski definition) is 0. The molecule has 7 heteroatoms. The van der Waals surface area contributed by atoms with E-state index in [9.17, 15) is 13.2 Å². The average Bonchev–Trinajstić information content (AvgIpc) is 3.71. The molecule has 0 saturated heterocycles. The number of fused-ring (bicyclic) bond motifs is 4. The molecule has 8 aromatic carbocycles. The third-order valence-electron chi connectivity index (χ3n) is 10.7. The Labute approximate surface area is 370 Å². The van der Waals surface area contributed by atoms with Gasteiger partial charge in [-0.2, -0.15) is 11.1 Å². The SMILES string of the molecule is Cc1c(C(C)(C)C)[cH-]c2cccc(-c3cccc4ccccc34)c12.Cc1c(C(C)(C)C)[cH-]c2cccc(-c3cccc4ccccc34)c12.FC(F)(F)CC[SiH]=[Zr+2].[Cl-].[Cl-]. The Morgan fingerprint density at radius 1 is 0.500 bits per heavy atom. The predicted octanol–water partition coefficient (Wildman–Crippen LogP) is 9.23. The molecule has 0 aliphatic heterocycles. The van der Waals surface area contributed by atoms with E-state index in [-0.39, 0.29) is 41.8 Å². The fraction of sp³-hybridized carbons (Fsp3) is 0.255. The molecular formula is C51H51Cl2F3SiZr-2. The van der Waals surface area contributed by atoms with E-state index in [1.54, 1.807) is 0 Å². The molecule has 0 atom stereocenters. The summed E-state index contributed by atoms with van der Waals surface area (Å²) in [5.41, 5.74) is 11.4. The number of benzene rings is 6. The van der Waals surface area contributed by atoms with Crippen LogP contribution in [0.1, 0.15) is 70.2 Å². The first-order valence-electron chi connectivity index (χ1n) is 19.4. The summed E-state index contributed by atoms with van der Waals surface area (Å²) in [6.07, 6.45) is -4.39. The van der Waals surface area contributed by atoms with E-state index in [0.29, 0.717) is 6.04 Å². The van der Waals surface area contributed by atoms with E-state index in [0.717, 1.165) is 0 Å². The van der Waals surface area contributed by atoms with Crippen molar-refractivity contribution in [2.75, 3.05) is 0 Å². The van der Waals surface area contributed by atoms with Gasteiger partial charge in [0.05, 0.1) is 0 Å². The van der Waals surface area contributed by atoms with Gasteiger partial charge in [0.2, 0.25) is 0 Å². The first-order chi connectivity index (χ1) is 26.5. The van der Waals surface area contributed by atoms with E-state index < -0.39 is 12.6 Å². The van der Waals surface area contributed by atoms with Crippen LogP contribution in [0.15, 0.2) is 133 Å². The van der Waals surface area contributed by atoms with E-state index in [1.807, 2.05) is 0 Å². The van der Waals surface area contributed by atoms with Crippen molar-refractivity contribution >= 4 is 49.2 Å². The van der Waals surface area contributed by atoms with Crippen LogP contribution in [0.3, 0.4) is 0 Å². The molecule has 0 radical (unpaired) electrons. The van der Waals surface area contributed by atoms with Crippen LogP contribution >= 0.6 is 0 Å². The van der Waals surface area contributed by atoms with Gasteiger partial charge in [0.25, 0.3) is 0 Å². The van der Waals surface area contributed by atoms with E-state index in [1.165, 1.54) is 111 Å². The maximum absolute atomic E-state index is 11.3. The van der Waals surface area contributed by atoms with E-state index >= 15 is 0 Å².